The molecule has 5 heteroatoms. The average Bonchev–Trinajstić information content (AvgIpc) is 3.06. The molecule has 0 saturated carbocycles. The van der Waals surface area contributed by atoms with Gasteiger partial charge in [0.1, 0.15) is 5.82 Å². The van der Waals surface area contributed by atoms with Crippen molar-refractivity contribution in [2.75, 3.05) is 5.32 Å². The number of aryl methyl sites for hydroxylation is 1. The van der Waals surface area contributed by atoms with Crippen LogP contribution < -0.4 is 5.32 Å². The van der Waals surface area contributed by atoms with Crippen molar-refractivity contribution in [1.29, 1.82) is 0 Å². The summed E-state index contributed by atoms with van der Waals surface area (Å²) >= 11 is 0. The highest BCUT2D eigenvalue weighted by molar-refractivity contribution is 6.06. The third-order valence-electron chi connectivity index (χ3n) is 3.78. The van der Waals surface area contributed by atoms with E-state index in [2.05, 4.69) is 17.4 Å². The lowest BCUT2D eigenvalue weighted by Gasteiger charge is -2.10. The molecule has 23 heavy (non-hydrogen) atoms. The Morgan fingerprint density at radius 2 is 2.00 bits per heavy atom. The van der Waals surface area contributed by atoms with Gasteiger partial charge in [0.2, 0.25) is 6.10 Å². The SMILES string of the molecule is CCc1ccc(NC(=O)[C@@H]2CC(c3ccccc3F)=NO2)cc1. The van der Waals surface area contributed by atoms with Gasteiger partial charge < -0.3 is 10.2 Å². The van der Waals surface area contributed by atoms with Gasteiger partial charge in [0.15, 0.2) is 0 Å². The van der Waals surface area contributed by atoms with Gasteiger partial charge >= 0.3 is 0 Å². The Bertz CT molecular complexity index is 741. The van der Waals surface area contributed by atoms with E-state index in [1.165, 1.54) is 11.6 Å². The van der Waals surface area contributed by atoms with Crippen LogP contribution in [-0.4, -0.2) is 17.7 Å². The number of amides is 1. The lowest BCUT2D eigenvalue weighted by Crippen LogP contribution is -2.28. The predicted molar refractivity (Wildman–Crippen MR) is 86.9 cm³/mol. The number of oxime groups is 1. The molecular weight excluding hydrogens is 295 g/mol. The standard InChI is InChI=1S/C18H17FN2O2/c1-2-12-7-9-13(10-8-12)20-18(22)17-11-16(21-23-17)14-5-3-4-6-15(14)19/h3-10,17H,2,11H2,1H3,(H,20,22)/t17-/m0/s1. The molecule has 3 rings (SSSR count). The number of anilines is 1. The third-order valence-corrected chi connectivity index (χ3v) is 3.78. The van der Waals surface area contributed by atoms with Crippen molar-refractivity contribution in [3.63, 3.8) is 0 Å². The monoisotopic (exact) mass is 312 g/mol. The summed E-state index contributed by atoms with van der Waals surface area (Å²) in [6.45, 7) is 2.07. The molecule has 0 bridgehead atoms. The van der Waals surface area contributed by atoms with Gasteiger partial charge in [0.05, 0.1) is 5.71 Å². The van der Waals surface area contributed by atoms with Crippen LogP contribution in [0.15, 0.2) is 53.7 Å². The number of carbonyl (C=O) groups excluding carboxylic acids is 1. The molecule has 1 N–H and O–H groups in total. The summed E-state index contributed by atoms with van der Waals surface area (Å²) in [5.41, 5.74) is 2.72. The number of rotatable bonds is 4. The first-order chi connectivity index (χ1) is 11.2. The summed E-state index contributed by atoms with van der Waals surface area (Å²) in [4.78, 5) is 17.4. The van der Waals surface area contributed by atoms with Gasteiger partial charge in [-0.3, -0.25) is 4.79 Å². The van der Waals surface area contributed by atoms with Crippen molar-refractivity contribution in [1.82, 2.24) is 0 Å². The van der Waals surface area contributed by atoms with Crippen molar-refractivity contribution in [2.45, 2.75) is 25.9 Å². The highest BCUT2D eigenvalue weighted by Crippen LogP contribution is 2.20. The van der Waals surface area contributed by atoms with Gasteiger partial charge in [-0.15, -0.1) is 0 Å². The van der Waals surface area contributed by atoms with Crippen LogP contribution in [0.25, 0.3) is 0 Å². The van der Waals surface area contributed by atoms with Crippen LogP contribution in [0.4, 0.5) is 10.1 Å². The largest absolute Gasteiger partial charge is 0.382 e. The molecular formula is C18H17FN2O2. The van der Waals surface area contributed by atoms with E-state index in [0.717, 1.165) is 6.42 Å². The van der Waals surface area contributed by atoms with Gasteiger partial charge in [-0.2, -0.15) is 0 Å². The van der Waals surface area contributed by atoms with Gasteiger partial charge in [-0.1, -0.05) is 42.4 Å². The minimum atomic E-state index is -0.740. The highest BCUT2D eigenvalue weighted by atomic mass is 19.1. The fraction of sp³-hybridized carbons (Fsp3) is 0.222. The Balaban J connectivity index is 1.63. The van der Waals surface area contributed by atoms with Gasteiger partial charge in [-0.25, -0.2) is 4.39 Å². The van der Waals surface area contributed by atoms with Crippen LogP contribution in [0.5, 0.6) is 0 Å². The van der Waals surface area contributed by atoms with E-state index in [9.17, 15) is 9.18 Å². The van der Waals surface area contributed by atoms with Crippen molar-refractivity contribution in [3.05, 3.63) is 65.5 Å². The van der Waals surface area contributed by atoms with E-state index >= 15 is 0 Å². The number of hydrogen-bond acceptors (Lipinski definition) is 3. The molecule has 0 radical (unpaired) electrons. The van der Waals surface area contributed by atoms with E-state index in [1.807, 2.05) is 24.3 Å². The minimum Gasteiger partial charge on any atom is -0.382 e. The van der Waals surface area contributed by atoms with Gasteiger partial charge in [0, 0.05) is 17.7 Å². The molecule has 0 saturated heterocycles. The van der Waals surface area contributed by atoms with Gasteiger partial charge in [-0.05, 0) is 30.2 Å². The molecule has 0 spiro atoms. The summed E-state index contributed by atoms with van der Waals surface area (Å²) in [5.74, 6) is -0.657. The summed E-state index contributed by atoms with van der Waals surface area (Å²) in [7, 11) is 0. The molecule has 1 aliphatic rings. The summed E-state index contributed by atoms with van der Waals surface area (Å²) < 4.78 is 13.8. The maximum absolute atomic E-state index is 13.8. The van der Waals surface area contributed by atoms with Crippen LogP contribution in [-0.2, 0) is 16.1 Å². The van der Waals surface area contributed by atoms with E-state index < -0.39 is 6.10 Å². The normalized spacial score (nSPS) is 16.6. The van der Waals surface area contributed by atoms with Crippen molar-refractivity contribution in [3.8, 4) is 0 Å². The van der Waals surface area contributed by atoms with E-state index in [0.29, 0.717) is 17.0 Å². The molecule has 0 unspecified atom stereocenters. The Morgan fingerprint density at radius 1 is 1.26 bits per heavy atom. The highest BCUT2D eigenvalue weighted by Gasteiger charge is 2.29. The number of nitrogens with one attached hydrogen (secondary N) is 1. The zero-order valence-corrected chi connectivity index (χ0v) is 12.8. The van der Waals surface area contributed by atoms with Crippen LogP contribution in [0.1, 0.15) is 24.5 Å². The molecule has 4 nitrogen and oxygen atoms in total. The fourth-order valence-corrected chi connectivity index (χ4v) is 2.42. The Labute approximate surface area is 134 Å². The molecule has 1 heterocycles. The van der Waals surface area contributed by atoms with Crippen molar-refractivity contribution < 1.29 is 14.0 Å². The average molecular weight is 312 g/mol. The topological polar surface area (TPSA) is 50.7 Å². The van der Waals surface area contributed by atoms with Crippen LogP contribution >= 0.6 is 0 Å². The molecule has 1 aliphatic heterocycles. The first kappa shape index (κ1) is 15.2. The maximum Gasteiger partial charge on any atom is 0.268 e. The lowest BCUT2D eigenvalue weighted by molar-refractivity contribution is -0.125. The number of benzene rings is 2. The first-order valence-corrected chi connectivity index (χ1v) is 7.54. The molecule has 0 aromatic heterocycles. The third kappa shape index (κ3) is 3.39. The second-order valence-electron chi connectivity index (χ2n) is 5.36. The van der Waals surface area contributed by atoms with Crippen molar-refractivity contribution in [2.24, 2.45) is 5.16 Å². The van der Waals surface area contributed by atoms with E-state index in [4.69, 9.17) is 4.84 Å². The first-order valence-electron chi connectivity index (χ1n) is 7.54. The molecule has 2 aromatic rings. The number of hydrogen-bond donors (Lipinski definition) is 1. The van der Waals surface area contributed by atoms with E-state index in [-0.39, 0.29) is 18.1 Å². The summed E-state index contributed by atoms with van der Waals surface area (Å²) in [6, 6.07) is 14.0. The Hall–Kier alpha value is -2.69. The molecule has 1 atom stereocenters. The molecule has 0 aliphatic carbocycles. The van der Waals surface area contributed by atoms with Crippen molar-refractivity contribution >= 4 is 17.3 Å². The predicted octanol–water partition coefficient (Wildman–Crippen LogP) is 3.52. The molecule has 118 valence electrons. The number of halogens is 1. The zero-order valence-electron chi connectivity index (χ0n) is 12.8. The number of nitrogens with zero attached hydrogens (tertiary/aromatic N) is 1. The quantitative estimate of drug-likeness (QED) is 0.939. The Morgan fingerprint density at radius 3 is 2.70 bits per heavy atom. The Kier molecular flexibility index (Phi) is 4.37. The zero-order chi connectivity index (χ0) is 16.2. The van der Waals surface area contributed by atoms with Crippen LogP contribution in [0.3, 0.4) is 0 Å². The smallest absolute Gasteiger partial charge is 0.268 e. The fourth-order valence-electron chi connectivity index (χ4n) is 2.42. The van der Waals surface area contributed by atoms with Crippen LogP contribution in [0.2, 0.25) is 0 Å². The molecule has 0 fully saturated rings. The minimum absolute atomic E-state index is 0.250. The second-order valence-corrected chi connectivity index (χ2v) is 5.36. The molecule has 2 aromatic carbocycles. The second kappa shape index (κ2) is 6.60. The summed E-state index contributed by atoms with van der Waals surface area (Å²) in [5, 5.41) is 6.64. The van der Waals surface area contributed by atoms with E-state index in [1.54, 1.807) is 18.2 Å². The van der Waals surface area contributed by atoms with Gasteiger partial charge in [0.25, 0.3) is 5.91 Å². The summed E-state index contributed by atoms with van der Waals surface area (Å²) in [6.07, 6.45) is 0.454. The lowest BCUT2D eigenvalue weighted by atomic mass is 10.0. The maximum atomic E-state index is 13.8. The molecule has 1 amide bonds. The van der Waals surface area contributed by atoms with Crippen LogP contribution in [0, 0.1) is 5.82 Å². The number of carbonyl (C=O) groups is 1.